The number of nitrogens with zero attached hydrogens (tertiary/aromatic N) is 3. The molecule has 1 amide bonds. The minimum absolute atomic E-state index is 0.223. The van der Waals surface area contributed by atoms with Gasteiger partial charge >= 0.3 is 5.97 Å². The van der Waals surface area contributed by atoms with E-state index in [-0.39, 0.29) is 11.5 Å². The van der Waals surface area contributed by atoms with Gasteiger partial charge in [0.1, 0.15) is 11.4 Å². The third kappa shape index (κ3) is 2.40. The molecule has 1 heterocycles. The number of amides is 1. The summed E-state index contributed by atoms with van der Waals surface area (Å²) in [5.41, 5.74) is 0.786. The number of hydrogen-bond acceptors (Lipinski definition) is 4. The molecule has 0 spiro atoms. The van der Waals surface area contributed by atoms with Gasteiger partial charge in [0.25, 0.3) is 5.91 Å². The molecule has 0 aliphatic rings. The number of carbonyl (C=O) groups is 2. The van der Waals surface area contributed by atoms with Crippen LogP contribution in [0.5, 0.6) is 0 Å². The van der Waals surface area contributed by atoms with E-state index >= 15 is 0 Å². The number of hydrogen-bond donors (Lipinski definition) is 0. The van der Waals surface area contributed by atoms with Gasteiger partial charge in [-0.2, -0.15) is 5.10 Å². The fourth-order valence-electron chi connectivity index (χ4n) is 1.95. The number of methoxy groups -OCH3 is 1. The van der Waals surface area contributed by atoms with Crippen molar-refractivity contribution in [3.05, 3.63) is 47.7 Å². The Labute approximate surface area is 116 Å². The zero-order valence-corrected chi connectivity index (χ0v) is 11.5. The van der Waals surface area contributed by atoms with Gasteiger partial charge in [0.2, 0.25) is 0 Å². The number of rotatable bonds is 3. The highest BCUT2D eigenvalue weighted by Crippen LogP contribution is 2.21. The molecular weight excluding hydrogens is 258 g/mol. The van der Waals surface area contributed by atoms with Crippen LogP contribution in [0.15, 0.2) is 36.5 Å². The van der Waals surface area contributed by atoms with Crippen molar-refractivity contribution in [1.29, 1.82) is 0 Å². The van der Waals surface area contributed by atoms with Gasteiger partial charge in [0.15, 0.2) is 0 Å². The molecule has 1 aromatic carbocycles. The van der Waals surface area contributed by atoms with Gasteiger partial charge in [-0.1, -0.05) is 18.2 Å². The van der Waals surface area contributed by atoms with Crippen molar-refractivity contribution >= 4 is 17.7 Å². The van der Waals surface area contributed by atoms with Crippen molar-refractivity contribution in [2.75, 3.05) is 19.1 Å². The molecule has 1 aromatic heterocycles. The van der Waals surface area contributed by atoms with Gasteiger partial charge in [0.05, 0.1) is 13.3 Å². The van der Waals surface area contributed by atoms with Crippen LogP contribution < -0.4 is 4.90 Å². The Morgan fingerprint density at radius 3 is 2.50 bits per heavy atom. The first-order chi connectivity index (χ1) is 9.56. The molecule has 20 heavy (non-hydrogen) atoms. The van der Waals surface area contributed by atoms with E-state index in [1.807, 2.05) is 6.07 Å². The molecule has 2 aromatic rings. The highest BCUT2D eigenvalue weighted by molar-refractivity contribution is 6.08. The van der Waals surface area contributed by atoms with Gasteiger partial charge in [-0.3, -0.25) is 14.4 Å². The molecule has 0 aliphatic carbocycles. The Hall–Kier alpha value is -2.63. The van der Waals surface area contributed by atoms with E-state index in [4.69, 9.17) is 4.74 Å². The summed E-state index contributed by atoms with van der Waals surface area (Å²) in [6, 6.07) is 8.83. The zero-order chi connectivity index (χ0) is 14.7. The van der Waals surface area contributed by atoms with Crippen molar-refractivity contribution in [3.8, 4) is 0 Å². The maximum atomic E-state index is 12.4. The SMILES string of the molecule is COC(=O)c1cnn(C)c1N(C)C(=O)c1ccccc1. The van der Waals surface area contributed by atoms with E-state index in [1.54, 1.807) is 38.4 Å². The van der Waals surface area contributed by atoms with E-state index in [0.29, 0.717) is 11.4 Å². The maximum Gasteiger partial charge on any atom is 0.343 e. The van der Waals surface area contributed by atoms with Crippen LogP contribution >= 0.6 is 0 Å². The van der Waals surface area contributed by atoms with Crippen molar-refractivity contribution in [2.24, 2.45) is 7.05 Å². The van der Waals surface area contributed by atoms with Crippen molar-refractivity contribution in [3.63, 3.8) is 0 Å². The van der Waals surface area contributed by atoms with Crippen molar-refractivity contribution in [2.45, 2.75) is 0 Å². The predicted molar refractivity (Wildman–Crippen MR) is 73.7 cm³/mol. The number of carbonyl (C=O) groups excluding carboxylic acids is 2. The van der Waals surface area contributed by atoms with E-state index < -0.39 is 5.97 Å². The van der Waals surface area contributed by atoms with Crippen LogP contribution in [-0.4, -0.2) is 35.8 Å². The first kappa shape index (κ1) is 13.8. The monoisotopic (exact) mass is 273 g/mol. The molecule has 6 heteroatoms. The molecular formula is C14H15N3O3. The minimum atomic E-state index is -0.527. The third-order valence-corrected chi connectivity index (χ3v) is 2.96. The minimum Gasteiger partial charge on any atom is -0.465 e. The van der Waals surface area contributed by atoms with Crippen LogP contribution in [0.25, 0.3) is 0 Å². The molecule has 0 bridgehead atoms. The smallest absolute Gasteiger partial charge is 0.343 e. The highest BCUT2D eigenvalue weighted by atomic mass is 16.5. The fourth-order valence-corrected chi connectivity index (χ4v) is 1.95. The van der Waals surface area contributed by atoms with Gasteiger partial charge in [0, 0.05) is 19.7 Å². The second-order valence-electron chi connectivity index (χ2n) is 4.23. The number of anilines is 1. The second kappa shape index (κ2) is 5.56. The Kier molecular flexibility index (Phi) is 3.84. The molecule has 0 radical (unpaired) electrons. The Balaban J connectivity index is 2.39. The largest absolute Gasteiger partial charge is 0.465 e. The summed E-state index contributed by atoms with van der Waals surface area (Å²) >= 11 is 0. The third-order valence-electron chi connectivity index (χ3n) is 2.96. The fraction of sp³-hybridized carbons (Fsp3) is 0.214. The lowest BCUT2D eigenvalue weighted by molar-refractivity contribution is 0.0601. The number of aromatic nitrogens is 2. The van der Waals surface area contributed by atoms with Crippen LogP contribution in [0.4, 0.5) is 5.82 Å². The van der Waals surface area contributed by atoms with E-state index in [9.17, 15) is 9.59 Å². The lowest BCUT2D eigenvalue weighted by Gasteiger charge is -2.18. The summed E-state index contributed by atoms with van der Waals surface area (Å²) < 4.78 is 6.16. The number of esters is 1. The van der Waals surface area contributed by atoms with Gasteiger partial charge < -0.3 is 4.74 Å². The lowest BCUT2D eigenvalue weighted by atomic mass is 10.2. The van der Waals surface area contributed by atoms with Crippen molar-refractivity contribution < 1.29 is 14.3 Å². The van der Waals surface area contributed by atoms with Crippen LogP contribution in [0, 0.1) is 0 Å². The first-order valence-corrected chi connectivity index (χ1v) is 5.99. The predicted octanol–water partition coefficient (Wildman–Crippen LogP) is 1.48. The highest BCUT2D eigenvalue weighted by Gasteiger charge is 2.24. The standard InChI is InChI=1S/C14H15N3O3/c1-16(13(18)10-7-5-4-6-8-10)12-11(14(19)20-3)9-15-17(12)2/h4-9H,1-3H3. The van der Waals surface area contributed by atoms with E-state index in [2.05, 4.69) is 5.10 Å². The normalized spacial score (nSPS) is 10.2. The molecule has 104 valence electrons. The molecule has 0 aliphatic heterocycles. The van der Waals surface area contributed by atoms with Crippen molar-refractivity contribution in [1.82, 2.24) is 9.78 Å². The average molecular weight is 273 g/mol. The number of ether oxygens (including phenoxy) is 1. The average Bonchev–Trinajstić information content (AvgIpc) is 2.87. The molecule has 0 saturated carbocycles. The summed E-state index contributed by atoms with van der Waals surface area (Å²) in [6.45, 7) is 0. The molecule has 0 atom stereocenters. The molecule has 0 N–H and O–H groups in total. The number of aryl methyl sites for hydroxylation is 1. The Morgan fingerprint density at radius 2 is 1.90 bits per heavy atom. The number of benzene rings is 1. The van der Waals surface area contributed by atoms with E-state index in [1.165, 1.54) is 22.9 Å². The Bertz CT molecular complexity index is 634. The van der Waals surface area contributed by atoms with Gasteiger partial charge in [-0.25, -0.2) is 4.79 Å². The van der Waals surface area contributed by atoms with Crippen LogP contribution in [0.2, 0.25) is 0 Å². The summed E-state index contributed by atoms with van der Waals surface area (Å²) in [7, 11) is 4.55. The van der Waals surface area contributed by atoms with Crippen LogP contribution in [0.3, 0.4) is 0 Å². The molecule has 0 fully saturated rings. The molecule has 0 unspecified atom stereocenters. The van der Waals surface area contributed by atoms with E-state index in [0.717, 1.165) is 0 Å². The van der Waals surface area contributed by atoms with Gasteiger partial charge in [-0.15, -0.1) is 0 Å². The summed E-state index contributed by atoms with van der Waals surface area (Å²) in [4.78, 5) is 25.5. The Morgan fingerprint density at radius 1 is 1.25 bits per heavy atom. The van der Waals surface area contributed by atoms with Gasteiger partial charge in [-0.05, 0) is 12.1 Å². The lowest BCUT2D eigenvalue weighted by Crippen LogP contribution is -2.29. The quantitative estimate of drug-likeness (QED) is 0.795. The van der Waals surface area contributed by atoms with Crippen LogP contribution in [-0.2, 0) is 11.8 Å². The first-order valence-electron chi connectivity index (χ1n) is 5.99. The molecule has 2 rings (SSSR count). The van der Waals surface area contributed by atoms with Crippen LogP contribution in [0.1, 0.15) is 20.7 Å². The topological polar surface area (TPSA) is 64.4 Å². The zero-order valence-electron chi connectivity index (χ0n) is 11.5. The second-order valence-corrected chi connectivity index (χ2v) is 4.23. The summed E-state index contributed by atoms with van der Waals surface area (Å²) in [5.74, 6) is -0.356. The maximum absolute atomic E-state index is 12.4. The molecule has 0 saturated heterocycles. The summed E-state index contributed by atoms with van der Waals surface area (Å²) in [6.07, 6.45) is 1.38. The molecule has 6 nitrogen and oxygen atoms in total. The summed E-state index contributed by atoms with van der Waals surface area (Å²) in [5, 5.41) is 4.00.